The Kier molecular flexibility index (Phi) is 8.43. The van der Waals surface area contributed by atoms with Gasteiger partial charge in [-0.25, -0.2) is 0 Å². The minimum Gasteiger partial charge on any atom is -0.494 e. The standard InChI is InChI=1S/C27H31N5O2S/c1-2-34-23-14-12-22(13-15-23)32-24(18-21-10-6-5-7-11-21)30-31-26(32)35-19-25(33)29-27(20-28)16-8-3-4-9-17-27/h5-7,10-15H,2-4,8-9,16-19H2,1H3,(H,29,33). The Morgan fingerprint density at radius 2 is 1.80 bits per heavy atom. The van der Waals surface area contributed by atoms with Crippen molar-refractivity contribution in [1.29, 1.82) is 5.26 Å². The van der Waals surface area contributed by atoms with E-state index in [2.05, 4.69) is 33.7 Å². The summed E-state index contributed by atoms with van der Waals surface area (Å²) in [5.74, 6) is 1.61. The topological polar surface area (TPSA) is 92.8 Å². The minimum atomic E-state index is -0.755. The van der Waals surface area contributed by atoms with Gasteiger partial charge in [-0.3, -0.25) is 9.36 Å². The van der Waals surface area contributed by atoms with Crippen LogP contribution in [0.5, 0.6) is 5.75 Å². The van der Waals surface area contributed by atoms with Crippen LogP contribution in [0.25, 0.3) is 5.69 Å². The van der Waals surface area contributed by atoms with E-state index in [1.54, 1.807) is 0 Å². The van der Waals surface area contributed by atoms with Crippen LogP contribution in [0.1, 0.15) is 56.8 Å². The van der Waals surface area contributed by atoms with Crippen molar-refractivity contribution in [2.24, 2.45) is 0 Å². The van der Waals surface area contributed by atoms with E-state index < -0.39 is 5.54 Å². The fourth-order valence-corrected chi connectivity index (χ4v) is 5.20. The van der Waals surface area contributed by atoms with Crippen molar-refractivity contribution in [3.05, 3.63) is 66.0 Å². The quantitative estimate of drug-likeness (QED) is 0.333. The zero-order chi connectivity index (χ0) is 24.5. The van der Waals surface area contributed by atoms with E-state index in [4.69, 9.17) is 4.74 Å². The first-order valence-electron chi connectivity index (χ1n) is 12.2. The molecule has 1 aliphatic rings. The number of benzene rings is 2. The Hall–Kier alpha value is -3.31. The maximum absolute atomic E-state index is 12.9. The summed E-state index contributed by atoms with van der Waals surface area (Å²) in [5, 5.41) is 22.3. The number of hydrogen-bond acceptors (Lipinski definition) is 6. The molecule has 35 heavy (non-hydrogen) atoms. The van der Waals surface area contributed by atoms with Gasteiger partial charge in [-0.15, -0.1) is 10.2 Å². The van der Waals surface area contributed by atoms with E-state index in [0.29, 0.717) is 31.0 Å². The average Bonchev–Trinajstić information content (AvgIpc) is 3.12. The van der Waals surface area contributed by atoms with Crippen molar-refractivity contribution in [1.82, 2.24) is 20.1 Å². The molecule has 182 valence electrons. The lowest BCUT2D eigenvalue weighted by Crippen LogP contribution is -2.47. The third kappa shape index (κ3) is 6.43. The van der Waals surface area contributed by atoms with Crippen LogP contribution in [-0.2, 0) is 11.2 Å². The number of ether oxygens (including phenoxy) is 1. The van der Waals surface area contributed by atoms with Crippen LogP contribution in [0.2, 0.25) is 0 Å². The largest absolute Gasteiger partial charge is 0.494 e. The molecule has 1 N–H and O–H groups in total. The highest BCUT2D eigenvalue weighted by Gasteiger charge is 2.32. The van der Waals surface area contributed by atoms with Crippen molar-refractivity contribution in [2.75, 3.05) is 12.4 Å². The lowest BCUT2D eigenvalue weighted by molar-refractivity contribution is -0.120. The summed E-state index contributed by atoms with van der Waals surface area (Å²) < 4.78 is 7.58. The number of nitrogens with zero attached hydrogens (tertiary/aromatic N) is 4. The molecule has 3 aromatic rings. The monoisotopic (exact) mass is 489 g/mol. The number of nitriles is 1. The SMILES string of the molecule is CCOc1ccc(-n2c(Cc3ccccc3)nnc2SCC(=O)NC2(C#N)CCCCCC2)cc1. The van der Waals surface area contributed by atoms with Gasteiger partial charge in [0.25, 0.3) is 0 Å². The Morgan fingerprint density at radius 1 is 1.09 bits per heavy atom. The smallest absolute Gasteiger partial charge is 0.231 e. The summed E-state index contributed by atoms with van der Waals surface area (Å²) in [6.07, 6.45) is 6.21. The van der Waals surface area contributed by atoms with Crippen molar-refractivity contribution >= 4 is 17.7 Å². The highest BCUT2D eigenvalue weighted by Crippen LogP contribution is 2.28. The van der Waals surface area contributed by atoms with Crippen LogP contribution >= 0.6 is 11.8 Å². The van der Waals surface area contributed by atoms with E-state index >= 15 is 0 Å². The van der Waals surface area contributed by atoms with E-state index in [1.165, 1.54) is 11.8 Å². The summed E-state index contributed by atoms with van der Waals surface area (Å²) in [6, 6.07) is 20.3. The molecule has 0 aliphatic heterocycles. The summed E-state index contributed by atoms with van der Waals surface area (Å²) in [6.45, 7) is 2.56. The highest BCUT2D eigenvalue weighted by molar-refractivity contribution is 7.99. The maximum atomic E-state index is 12.9. The molecule has 1 aliphatic carbocycles. The van der Waals surface area contributed by atoms with Crippen LogP contribution in [-0.4, -0.2) is 38.6 Å². The molecule has 1 saturated carbocycles. The van der Waals surface area contributed by atoms with Crippen molar-refractivity contribution in [3.8, 4) is 17.5 Å². The molecule has 0 saturated heterocycles. The Morgan fingerprint density at radius 3 is 2.46 bits per heavy atom. The minimum absolute atomic E-state index is 0.149. The van der Waals surface area contributed by atoms with Crippen molar-refractivity contribution in [3.63, 3.8) is 0 Å². The molecule has 1 aromatic heterocycles. The molecule has 2 aromatic carbocycles. The highest BCUT2D eigenvalue weighted by atomic mass is 32.2. The van der Waals surface area contributed by atoms with Crippen LogP contribution in [0, 0.1) is 11.3 Å². The number of nitrogens with one attached hydrogen (secondary N) is 1. The second-order valence-electron chi connectivity index (χ2n) is 8.77. The zero-order valence-corrected chi connectivity index (χ0v) is 20.9. The third-order valence-corrected chi connectivity index (χ3v) is 7.12. The summed E-state index contributed by atoms with van der Waals surface area (Å²) in [4.78, 5) is 12.9. The average molecular weight is 490 g/mol. The molecule has 0 atom stereocenters. The van der Waals surface area contributed by atoms with Crippen LogP contribution < -0.4 is 10.1 Å². The predicted molar refractivity (Wildman–Crippen MR) is 137 cm³/mol. The van der Waals surface area contributed by atoms with E-state index in [9.17, 15) is 10.1 Å². The molecule has 0 radical (unpaired) electrons. The Balaban J connectivity index is 1.53. The number of thioether (sulfide) groups is 1. The number of rotatable bonds is 9. The second kappa shape index (κ2) is 11.9. The first-order chi connectivity index (χ1) is 17.1. The first-order valence-corrected chi connectivity index (χ1v) is 13.2. The number of carbonyl (C=O) groups is 1. The number of amides is 1. The first kappa shape index (κ1) is 24.8. The molecule has 7 nitrogen and oxygen atoms in total. The van der Waals surface area contributed by atoms with Gasteiger partial charge in [0, 0.05) is 12.1 Å². The number of aromatic nitrogens is 3. The van der Waals surface area contributed by atoms with Gasteiger partial charge < -0.3 is 10.1 Å². The summed E-state index contributed by atoms with van der Waals surface area (Å²) in [5.41, 5.74) is 1.28. The molecular formula is C27H31N5O2S. The van der Waals surface area contributed by atoms with E-state index in [0.717, 1.165) is 48.5 Å². The van der Waals surface area contributed by atoms with Gasteiger partial charge in [0.15, 0.2) is 5.16 Å². The van der Waals surface area contributed by atoms with Crippen molar-refractivity contribution in [2.45, 2.75) is 62.6 Å². The molecule has 1 amide bonds. The van der Waals surface area contributed by atoms with Gasteiger partial charge in [-0.05, 0) is 49.6 Å². The molecular weight excluding hydrogens is 458 g/mol. The van der Waals surface area contributed by atoms with Gasteiger partial charge in [0.2, 0.25) is 5.91 Å². The van der Waals surface area contributed by atoms with Gasteiger partial charge in [-0.1, -0.05) is 67.8 Å². The second-order valence-corrected chi connectivity index (χ2v) is 9.71. The summed E-state index contributed by atoms with van der Waals surface area (Å²) >= 11 is 1.34. The lowest BCUT2D eigenvalue weighted by Gasteiger charge is -2.26. The van der Waals surface area contributed by atoms with Gasteiger partial charge in [-0.2, -0.15) is 5.26 Å². The fourth-order valence-electron chi connectivity index (χ4n) is 4.43. The molecule has 0 bridgehead atoms. The molecule has 1 fully saturated rings. The normalized spacial score (nSPS) is 15.1. The maximum Gasteiger partial charge on any atom is 0.231 e. The van der Waals surface area contributed by atoms with Crippen LogP contribution in [0.4, 0.5) is 0 Å². The molecule has 8 heteroatoms. The predicted octanol–water partition coefficient (Wildman–Crippen LogP) is 5.08. The van der Waals surface area contributed by atoms with Gasteiger partial charge in [0.1, 0.15) is 17.1 Å². The molecule has 0 unspecified atom stereocenters. The fraction of sp³-hybridized carbons (Fsp3) is 0.407. The Bertz CT molecular complexity index is 1150. The molecule has 1 heterocycles. The number of hydrogen-bond donors (Lipinski definition) is 1. The van der Waals surface area contributed by atoms with Crippen LogP contribution in [0.3, 0.4) is 0 Å². The van der Waals surface area contributed by atoms with Gasteiger partial charge >= 0.3 is 0 Å². The zero-order valence-electron chi connectivity index (χ0n) is 20.1. The lowest BCUT2D eigenvalue weighted by atomic mass is 9.92. The Labute approximate surface area is 210 Å². The van der Waals surface area contributed by atoms with E-state index in [-0.39, 0.29) is 11.7 Å². The molecule has 4 rings (SSSR count). The molecule has 0 spiro atoms. The van der Waals surface area contributed by atoms with Gasteiger partial charge in [0.05, 0.1) is 18.4 Å². The summed E-state index contributed by atoms with van der Waals surface area (Å²) in [7, 11) is 0. The van der Waals surface area contributed by atoms with E-state index in [1.807, 2.05) is 54.0 Å². The van der Waals surface area contributed by atoms with Crippen molar-refractivity contribution < 1.29 is 9.53 Å². The third-order valence-electron chi connectivity index (χ3n) is 6.19. The number of carbonyl (C=O) groups excluding carboxylic acids is 1. The van der Waals surface area contributed by atoms with Crippen LogP contribution in [0.15, 0.2) is 59.8 Å².